The van der Waals surface area contributed by atoms with Crippen molar-refractivity contribution in [2.75, 3.05) is 13.1 Å². The summed E-state index contributed by atoms with van der Waals surface area (Å²) < 4.78 is 1.64. The van der Waals surface area contributed by atoms with Crippen LogP contribution in [0, 0.1) is 0 Å². The second-order valence-corrected chi connectivity index (χ2v) is 5.79. The lowest BCUT2D eigenvalue weighted by molar-refractivity contribution is 0.0714. The van der Waals surface area contributed by atoms with Gasteiger partial charge >= 0.3 is 0 Å². The Morgan fingerprint density at radius 3 is 2.70 bits per heavy atom. The predicted molar refractivity (Wildman–Crippen MR) is 85.1 cm³/mol. The van der Waals surface area contributed by atoms with Gasteiger partial charge in [0.05, 0.1) is 6.20 Å². The van der Waals surface area contributed by atoms with Crippen molar-refractivity contribution in [1.82, 2.24) is 24.5 Å². The van der Waals surface area contributed by atoms with Crippen molar-refractivity contribution < 1.29 is 4.79 Å². The van der Waals surface area contributed by atoms with E-state index in [-0.39, 0.29) is 5.91 Å². The standard InChI is InChI=1S/C17H17N5O/c23-17(15-12-20-22-9-1-6-19-16(15)22)21-10-4-14(5-11-21)13-2-7-18-8-3-13/h1-3,6-9,12,14H,4-5,10-11H2. The molecular weight excluding hydrogens is 290 g/mol. The summed E-state index contributed by atoms with van der Waals surface area (Å²) in [5, 5.41) is 4.20. The molecule has 116 valence electrons. The van der Waals surface area contributed by atoms with Crippen LogP contribution < -0.4 is 0 Å². The highest BCUT2D eigenvalue weighted by Gasteiger charge is 2.26. The minimum Gasteiger partial charge on any atom is -0.338 e. The molecule has 0 spiro atoms. The lowest BCUT2D eigenvalue weighted by Gasteiger charge is -2.32. The predicted octanol–water partition coefficient (Wildman–Crippen LogP) is 2.14. The zero-order valence-corrected chi connectivity index (χ0v) is 12.7. The molecule has 3 aromatic rings. The molecule has 1 amide bonds. The van der Waals surface area contributed by atoms with Gasteiger partial charge in [-0.15, -0.1) is 0 Å². The highest BCUT2D eigenvalue weighted by molar-refractivity contribution is 5.99. The Morgan fingerprint density at radius 2 is 1.91 bits per heavy atom. The molecule has 1 fully saturated rings. The lowest BCUT2D eigenvalue weighted by atomic mass is 9.90. The van der Waals surface area contributed by atoms with E-state index in [4.69, 9.17) is 0 Å². The summed E-state index contributed by atoms with van der Waals surface area (Å²) >= 11 is 0. The summed E-state index contributed by atoms with van der Waals surface area (Å²) in [7, 11) is 0. The van der Waals surface area contributed by atoms with Gasteiger partial charge in [0.2, 0.25) is 0 Å². The minimum atomic E-state index is 0.0203. The van der Waals surface area contributed by atoms with Gasteiger partial charge in [0.1, 0.15) is 5.56 Å². The summed E-state index contributed by atoms with van der Waals surface area (Å²) in [5.41, 5.74) is 2.51. The van der Waals surface area contributed by atoms with Gasteiger partial charge in [-0.2, -0.15) is 5.10 Å². The summed E-state index contributed by atoms with van der Waals surface area (Å²) in [5.74, 6) is 0.524. The topological polar surface area (TPSA) is 63.4 Å². The molecule has 0 radical (unpaired) electrons. The Hall–Kier alpha value is -2.76. The third-order valence-corrected chi connectivity index (χ3v) is 4.47. The van der Waals surface area contributed by atoms with Crippen molar-refractivity contribution in [3.05, 3.63) is 60.3 Å². The Morgan fingerprint density at radius 1 is 1.13 bits per heavy atom. The number of hydrogen-bond donors (Lipinski definition) is 0. The van der Waals surface area contributed by atoms with E-state index < -0.39 is 0 Å². The van der Waals surface area contributed by atoms with Gasteiger partial charge in [0, 0.05) is 37.9 Å². The number of hydrogen-bond acceptors (Lipinski definition) is 4. The van der Waals surface area contributed by atoms with Crippen molar-refractivity contribution in [2.24, 2.45) is 0 Å². The third-order valence-electron chi connectivity index (χ3n) is 4.47. The van der Waals surface area contributed by atoms with Crippen LogP contribution in [0.3, 0.4) is 0 Å². The average Bonchev–Trinajstić information content (AvgIpc) is 3.06. The van der Waals surface area contributed by atoms with Crippen LogP contribution in [-0.2, 0) is 0 Å². The van der Waals surface area contributed by atoms with E-state index in [9.17, 15) is 4.79 Å². The number of aromatic nitrogens is 4. The van der Waals surface area contributed by atoms with Crippen LogP contribution in [0.25, 0.3) is 5.65 Å². The van der Waals surface area contributed by atoms with Crippen molar-refractivity contribution in [3.63, 3.8) is 0 Å². The first kappa shape index (κ1) is 13.9. The molecule has 0 unspecified atom stereocenters. The Kier molecular flexibility index (Phi) is 3.49. The van der Waals surface area contributed by atoms with Crippen LogP contribution >= 0.6 is 0 Å². The largest absolute Gasteiger partial charge is 0.338 e. The number of carbonyl (C=O) groups excluding carboxylic acids is 1. The zero-order valence-electron chi connectivity index (χ0n) is 12.7. The average molecular weight is 307 g/mol. The number of amides is 1. The third kappa shape index (κ3) is 2.56. The molecule has 0 aromatic carbocycles. The first-order valence-electron chi connectivity index (χ1n) is 7.80. The molecule has 0 saturated carbocycles. The number of piperidine rings is 1. The van der Waals surface area contributed by atoms with Gasteiger partial charge in [0.25, 0.3) is 5.91 Å². The fraction of sp³-hybridized carbons (Fsp3) is 0.294. The minimum absolute atomic E-state index is 0.0203. The van der Waals surface area contributed by atoms with Crippen LogP contribution in [0.15, 0.2) is 49.2 Å². The molecule has 3 aromatic heterocycles. The number of likely N-dealkylation sites (tertiary alicyclic amines) is 1. The van der Waals surface area contributed by atoms with E-state index in [1.54, 1.807) is 29.2 Å². The summed E-state index contributed by atoms with van der Waals surface area (Å²) in [6.07, 6.45) is 10.7. The maximum absolute atomic E-state index is 12.7. The van der Waals surface area contributed by atoms with Crippen LogP contribution in [0.1, 0.15) is 34.7 Å². The quantitative estimate of drug-likeness (QED) is 0.727. The molecule has 0 aliphatic carbocycles. The molecule has 6 nitrogen and oxygen atoms in total. The summed E-state index contributed by atoms with van der Waals surface area (Å²) in [4.78, 5) is 23.0. The molecule has 0 atom stereocenters. The van der Waals surface area contributed by atoms with E-state index >= 15 is 0 Å². The molecule has 23 heavy (non-hydrogen) atoms. The maximum Gasteiger partial charge on any atom is 0.259 e. The van der Waals surface area contributed by atoms with E-state index in [1.165, 1.54) is 5.56 Å². The summed E-state index contributed by atoms with van der Waals surface area (Å²) in [6, 6.07) is 5.93. The van der Waals surface area contributed by atoms with Crippen molar-refractivity contribution in [2.45, 2.75) is 18.8 Å². The van der Waals surface area contributed by atoms with Gasteiger partial charge < -0.3 is 4.90 Å². The number of carbonyl (C=O) groups is 1. The van der Waals surface area contributed by atoms with Crippen LogP contribution in [0.5, 0.6) is 0 Å². The Bertz CT molecular complexity index is 821. The molecule has 4 heterocycles. The number of pyridine rings is 1. The smallest absolute Gasteiger partial charge is 0.259 e. The zero-order chi connectivity index (χ0) is 15.6. The number of fused-ring (bicyclic) bond motifs is 1. The molecular formula is C17H17N5O. The highest BCUT2D eigenvalue weighted by atomic mass is 16.2. The second kappa shape index (κ2) is 5.79. The van der Waals surface area contributed by atoms with Crippen molar-refractivity contribution in [1.29, 1.82) is 0 Å². The van der Waals surface area contributed by atoms with Crippen LogP contribution in [0.4, 0.5) is 0 Å². The molecule has 0 bridgehead atoms. The SMILES string of the molecule is O=C(c1cnn2cccnc12)N1CCC(c2ccncc2)CC1. The van der Waals surface area contributed by atoms with E-state index in [2.05, 4.69) is 27.2 Å². The van der Waals surface area contributed by atoms with Gasteiger partial charge in [-0.3, -0.25) is 9.78 Å². The van der Waals surface area contributed by atoms with Gasteiger partial charge in [-0.1, -0.05) is 0 Å². The maximum atomic E-state index is 12.7. The van der Waals surface area contributed by atoms with E-state index in [0.717, 1.165) is 25.9 Å². The second-order valence-electron chi connectivity index (χ2n) is 5.79. The number of rotatable bonds is 2. The molecule has 6 heteroatoms. The molecule has 1 saturated heterocycles. The van der Waals surface area contributed by atoms with E-state index in [1.807, 2.05) is 17.3 Å². The fourth-order valence-electron chi connectivity index (χ4n) is 3.20. The van der Waals surface area contributed by atoms with Crippen molar-refractivity contribution >= 4 is 11.6 Å². The van der Waals surface area contributed by atoms with Gasteiger partial charge in [0.15, 0.2) is 5.65 Å². The molecule has 4 rings (SSSR count). The van der Waals surface area contributed by atoms with Crippen LogP contribution in [0.2, 0.25) is 0 Å². The normalized spacial score (nSPS) is 15.9. The summed E-state index contributed by atoms with van der Waals surface area (Å²) in [6.45, 7) is 1.52. The first-order chi connectivity index (χ1) is 11.3. The Labute approximate surface area is 133 Å². The Balaban J connectivity index is 1.49. The van der Waals surface area contributed by atoms with E-state index in [0.29, 0.717) is 17.1 Å². The molecule has 1 aliphatic rings. The monoisotopic (exact) mass is 307 g/mol. The fourth-order valence-corrected chi connectivity index (χ4v) is 3.20. The highest BCUT2D eigenvalue weighted by Crippen LogP contribution is 2.28. The molecule has 0 N–H and O–H groups in total. The number of nitrogens with zero attached hydrogens (tertiary/aromatic N) is 5. The van der Waals surface area contributed by atoms with Crippen LogP contribution in [-0.4, -0.2) is 43.5 Å². The lowest BCUT2D eigenvalue weighted by Crippen LogP contribution is -2.37. The van der Waals surface area contributed by atoms with Gasteiger partial charge in [-0.05, 0) is 42.5 Å². The van der Waals surface area contributed by atoms with Gasteiger partial charge in [-0.25, -0.2) is 9.50 Å². The first-order valence-corrected chi connectivity index (χ1v) is 7.80. The van der Waals surface area contributed by atoms with Crippen molar-refractivity contribution in [3.8, 4) is 0 Å². The molecule has 1 aliphatic heterocycles.